The molecule has 5 rings (SSSR count). The summed E-state index contributed by atoms with van der Waals surface area (Å²) in [7, 11) is 0. The van der Waals surface area contributed by atoms with Crippen LogP contribution in [0.2, 0.25) is 10.0 Å². The normalized spacial score (nSPS) is 13.7. The quantitative estimate of drug-likeness (QED) is 0.324. The highest BCUT2D eigenvalue weighted by Gasteiger charge is 2.23. The second kappa shape index (κ2) is 8.62. The third-order valence-corrected chi connectivity index (χ3v) is 6.46. The van der Waals surface area contributed by atoms with E-state index in [2.05, 4.69) is 11.0 Å². The molecule has 0 fully saturated rings. The van der Waals surface area contributed by atoms with Gasteiger partial charge < -0.3 is 9.15 Å². The number of nitrogens with zero attached hydrogens (tertiary/aromatic N) is 1. The molecule has 162 valence electrons. The van der Waals surface area contributed by atoms with E-state index in [0.717, 1.165) is 58.5 Å². The number of ether oxygens (including phenoxy) is 1. The van der Waals surface area contributed by atoms with Crippen LogP contribution in [-0.2, 0) is 13.0 Å². The Labute approximate surface area is 195 Å². The zero-order chi connectivity index (χ0) is 22.2. The lowest BCUT2D eigenvalue weighted by molar-refractivity contribution is 0.0959. The van der Waals surface area contributed by atoms with Crippen molar-refractivity contribution in [2.75, 3.05) is 13.3 Å². The van der Waals surface area contributed by atoms with E-state index in [1.54, 1.807) is 12.1 Å². The molecule has 0 unspecified atom stereocenters. The molecule has 0 radical (unpaired) electrons. The molecule has 0 spiro atoms. The molecular weight excluding hydrogens is 445 g/mol. The van der Waals surface area contributed by atoms with Gasteiger partial charge in [0.1, 0.15) is 18.1 Å². The first kappa shape index (κ1) is 21.1. The van der Waals surface area contributed by atoms with Crippen LogP contribution in [-0.4, -0.2) is 18.2 Å². The van der Waals surface area contributed by atoms with E-state index in [4.69, 9.17) is 32.4 Å². The Balaban J connectivity index is 1.48. The fraction of sp³-hybridized carbons (Fsp3) is 0.192. The molecular formula is C26H21Cl2NO3. The number of benzene rings is 3. The predicted molar refractivity (Wildman–Crippen MR) is 129 cm³/mol. The largest absolute Gasteiger partial charge is 0.477 e. The van der Waals surface area contributed by atoms with Gasteiger partial charge in [0, 0.05) is 45.7 Å². The predicted octanol–water partition coefficient (Wildman–Crippen LogP) is 6.47. The maximum Gasteiger partial charge on any atom is 0.336 e. The molecule has 1 aromatic heterocycles. The van der Waals surface area contributed by atoms with Gasteiger partial charge in [-0.2, -0.15) is 0 Å². The Morgan fingerprint density at radius 2 is 1.84 bits per heavy atom. The summed E-state index contributed by atoms with van der Waals surface area (Å²) >= 11 is 12.3. The number of rotatable bonds is 4. The third-order valence-electron chi connectivity index (χ3n) is 5.87. The molecule has 0 bridgehead atoms. The summed E-state index contributed by atoms with van der Waals surface area (Å²) < 4.78 is 11.7. The summed E-state index contributed by atoms with van der Waals surface area (Å²) in [6.07, 6.45) is 0.797. The Hall–Kier alpha value is -2.79. The number of hydrogen-bond acceptors (Lipinski definition) is 4. The van der Waals surface area contributed by atoms with Gasteiger partial charge in [0.2, 0.25) is 0 Å². The molecule has 4 nitrogen and oxygen atoms in total. The molecule has 0 saturated carbocycles. The van der Waals surface area contributed by atoms with Gasteiger partial charge in [-0.25, -0.2) is 4.79 Å². The lowest BCUT2D eigenvalue weighted by Gasteiger charge is -2.30. The van der Waals surface area contributed by atoms with Gasteiger partial charge in [-0.05, 0) is 48.2 Å². The van der Waals surface area contributed by atoms with Crippen LogP contribution < -0.4 is 10.4 Å². The Kier molecular flexibility index (Phi) is 5.68. The Bertz CT molecular complexity index is 1370. The zero-order valence-electron chi connectivity index (χ0n) is 17.5. The lowest BCUT2D eigenvalue weighted by atomic mass is 9.97. The molecule has 1 aliphatic rings. The summed E-state index contributed by atoms with van der Waals surface area (Å²) in [5.41, 5.74) is 5.06. The van der Waals surface area contributed by atoms with Crippen LogP contribution in [0.5, 0.6) is 5.75 Å². The van der Waals surface area contributed by atoms with E-state index in [1.807, 2.05) is 49.4 Å². The maximum atomic E-state index is 12.3. The molecule has 2 heterocycles. The second-order valence-electron chi connectivity index (χ2n) is 8.02. The molecule has 3 aromatic carbocycles. The second-order valence-corrected chi connectivity index (χ2v) is 8.87. The van der Waals surface area contributed by atoms with E-state index >= 15 is 0 Å². The smallest absolute Gasteiger partial charge is 0.336 e. The van der Waals surface area contributed by atoms with Crippen LogP contribution in [0, 0.1) is 6.92 Å². The average Bonchev–Trinajstić information content (AvgIpc) is 2.79. The van der Waals surface area contributed by atoms with Crippen molar-refractivity contribution in [2.24, 2.45) is 0 Å². The van der Waals surface area contributed by atoms with Crippen LogP contribution >= 0.6 is 23.2 Å². The molecule has 32 heavy (non-hydrogen) atoms. The number of hydrogen-bond donors (Lipinski definition) is 0. The molecule has 6 heteroatoms. The van der Waals surface area contributed by atoms with Crippen molar-refractivity contribution in [3.8, 4) is 16.9 Å². The fourth-order valence-corrected chi connectivity index (χ4v) is 4.78. The van der Waals surface area contributed by atoms with Crippen molar-refractivity contribution < 1.29 is 9.15 Å². The highest BCUT2D eigenvalue weighted by Crippen LogP contribution is 2.38. The van der Waals surface area contributed by atoms with E-state index < -0.39 is 0 Å². The summed E-state index contributed by atoms with van der Waals surface area (Å²) in [4.78, 5) is 14.5. The third kappa shape index (κ3) is 4.02. The molecule has 1 aliphatic heterocycles. The van der Waals surface area contributed by atoms with E-state index in [1.165, 1.54) is 0 Å². The van der Waals surface area contributed by atoms with Gasteiger partial charge in [-0.3, -0.25) is 4.90 Å². The monoisotopic (exact) mass is 465 g/mol. The van der Waals surface area contributed by atoms with Gasteiger partial charge in [0.05, 0.1) is 0 Å². The first-order valence-corrected chi connectivity index (χ1v) is 11.2. The van der Waals surface area contributed by atoms with Crippen molar-refractivity contribution >= 4 is 34.2 Å². The average molecular weight is 466 g/mol. The zero-order valence-corrected chi connectivity index (χ0v) is 19.0. The fourth-order valence-electron chi connectivity index (χ4n) is 4.27. The van der Waals surface area contributed by atoms with E-state index in [0.29, 0.717) is 22.4 Å². The van der Waals surface area contributed by atoms with Crippen molar-refractivity contribution in [1.82, 2.24) is 4.90 Å². The summed E-state index contributed by atoms with van der Waals surface area (Å²) in [6, 6.07) is 19.1. The van der Waals surface area contributed by atoms with E-state index in [-0.39, 0.29) is 5.63 Å². The highest BCUT2D eigenvalue weighted by molar-refractivity contribution is 6.35. The van der Waals surface area contributed by atoms with Crippen molar-refractivity contribution in [2.45, 2.75) is 19.9 Å². The molecule has 0 aliphatic carbocycles. The van der Waals surface area contributed by atoms with Gasteiger partial charge in [0.25, 0.3) is 0 Å². The van der Waals surface area contributed by atoms with Crippen LogP contribution in [0.15, 0.2) is 69.9 Å². The van der Waals surface area contributed by atoms with Crippen LogP contribution in [0.3, 0.4) is 0 Å². The first-order chi connectivity index (χ1) is 15.5. The minimum absolute atomic E-state index is 0.364. The number of halogens is 2. The molecule has 0 atom stereocenters. The van der Waals surface area contributed by atoms with Crippen molar-refractivity contribution in [1.29, 1.82) is 0 Å². The topological polar surface area (TPSA) is 42.7 Å². The Morgan fingerprint density at radius 3 is 2.62 bits per heavy atom. The van der Waals surface area contributed by atoms with E-state index in [9.17, 15) is 4.79 Å². The first-order valence-electron chi connectivity index (χ1n) is 10.4. The molecule has 0 amide bonds. The minimum Gasteiger partial charge on any atom is -0.477 e. The van der Waals surface area contributed by atoms with Crippen molar-refractivity contribution in [3.05, 3.63) is 97.8 Å². The van der Waals surface area contributed by atoms with Crippen molar-refractivity contribution in [3.63, 3.8) is 0 Å². The van der Waals surface area contributed by atoms with Crippen LogP contribution in [0.25, 0.3) is 22.1 Å². The minimum atomic E-state index is -0.364. The SMILES string of the molecule is Cc1c2c(cc3c(-c4ccccc4)cc(=O)oc13)CN(CCc1ccc(Cl)cc1Cl)CO2. The van der Waals surface area contributed by atoms with Crippen LogP contribution in [0.1, 0.15) is 16.7 Å². The molecule has 0 saturated heterocycles. The van der Waals surface area contributed by atoms with Gasteiger partial charge in [-0.1, -0.05) is 59.6 Å². The Morgan fingerprint density at radius 1 is 1.03 bits per heavy atom. The van der Waals surface area contributed by atoms with Gasteiger partial charge in [-0.15, -0.1) is 0 Å². The lowest BCUT2D eigenvalue weighted by Crippen LogP contribution is -2.34. The highest BCUT2D eigenvalue weighted by atomic mass is 35.5. The van der Waals surface area contributed by atoms with Crippen LogP contribution in [0.4, 0.5) is 0 Å². The summed E-state index contributed by atoms with van der Waals surface area (Å²) in [5.74, 6) is 0.798. The summed E-state index contributed by atoms with van der Waals surface area (Å²) in [5, 5.41) is 2.23. The van der Waals surface area contributed by atoms with Gasteiger partial charge in [0.15, 0.2) is 0 Å². The van der Waals surface area contributed by atoms with Gasteiger partial charge >= 0.3 is 5.63 Å². The number of fused-ring (bicyclic) bond motifs is 2. The number of aryl methyl sites for hydroxylation is 1. The molecule has 0 N–H and O–H groups in total. The standard InChI is InChI=1S/C26H21Cl2NO3/c1-16-25-19(14-29(15-31-25)10-9-18-7-8-20(27)12-23(18)28)11-22-21(13-24(30)32-26(16)22)17-5-3-2-4-6-17/h2-8,11-13H,9-10,14-15H2,1H3. The maximum absolute atomic E-state index is 12.3. The summed E-state index contributed by atoms with van der Waals surface area (Å²) in [6.45, 7) is 3.95. The molecule has 4 aromatic rings.